The predicted octanol–water partition coefficient (Wildman–Crippen LogP) is 2.01. The monoisotopic (exact) mass is 221 g/mol. The van der Waals surface area contributed by atoms with Gasteiger partial charge in [0.15, 0.2) is 5.71 Å². The first-order valence-corrected chi connectivity index (χ1v) is 5.05. The van der Waals surface area contributed by atoms with Gasteiger partial charge in [-0.3, -0.25) is 0 Å². The highest BCUT2D eigenvalue weighted by molar-refractivity contribution is 6.34. The first kappa shape index (κ1) is 12.2. The lowest BCUT2D eigenvalue weighted by atomic mass is 10.1. The third-order valence-corrected chi connectivity index (χ3v) is 2.11. The zero-order chi connectivity index (χ0) is 12.0. The Hall–Kier alpha value is -1.84. The first-order chi connectivity index (χ1) is 7.59. The number of aliphatic carboxylic acids is 1. The molecule has 0 aliphatic heterocycles. The molecule has 0 atom stereocenters. The van der Waals surface area contributed by atoms with E-state index in [9.17, 15) is 4.79 Å². The molecule has 4 heteroatoms. The van der Waals surface area contributed by atoms with Crippen LogP contribution in [0.4, 0.5) is 0 Å². The SMILES string of the molecule is C/C(=N/OCCc1ccc(C)cc1)C(=O)O. The van der Waals surface area contributed by atoms with Gasteiger partial charge in [-0.15, -0.1) is 0 Å². The van der Waals surface area contributed by atoms with Crippen LogP contribution >= 0.6 is 0 Å². The lowest BCUT2D eigenvalue weighted by Gasteiger charge is -2.01. The Bertz CT molecular complexity index is 382. The minimum absolute atomic E-state index is 0.0380. The molecule has 0 spiro atoms. The van der Waals surface area contributed by atoms with Gasteiger partial charge in [0, 0.05) is 6.42 Å². The number of nitrogens with zero attached hydrogens (tertiary/aromatic N) is 1. The first-order valence-electron chi connectivity index (χ1n) is 5.05. The van der Waals surface area contributed by atoms with Crippen LogP contribution in [0.2, 0.25) is 0 Å². The second kappa shape index (κ2) is 5.90. The van der Waals surface area contributed by atoms with Gasteiger partial charge in [0.25, 0.3) is 0 Å². The third kappa shape index (κ3) is 4.13. The van der Waals surface area contributed by atoms with E-state index in [2.05, 4.69) is 5.16 Å². The molecule has 1 aromatic carbocycles. The van der Waals surface area contributed by atoms with Crippen molar-refractivity contribution in [3.63, 3.8) is 0 Å². The second-order valence-electron chi connectivity index (χ2n) is 3.55. The molecule has 0 saturated carbocycles. The molecule has 0 aliphatic carbocycles. The van der Waals surface area contributed by atoms with Gasteiger partial charge in [-0.1, -0.05) is 35.0 Å². The number of rotatable bonds is 5. The summed E-state index contributed by atoms with van der Waals surface area (Å²) >= 11 is 0. The lowest BCUT2D eigenvalue weighted by molar-refractivity contribution is -0.129. The minimum Gasteiger partial charge on any atom is -0.477 e. The molecule has 0 unspecified atom stereocenters. The molecule has 4 nitrogen and oxygen atoms in total. The molecule has 0 saturated heterocycles. The standard InChI is InChI=1S/C12H15NO3/c1-9-3-5-11(6-4-9)7-8-16-13-10(2)12(14)15/h3-6H,7-8H2,1-2H3,(H,14,15)/b13-10-. The molecule has 0 fully saturated rings. The van der Waals surface area contributed by atoms with Gasteiger partial charge < -0.3 is 9.94 Å². The van der Waals surface area contributed by atoms with Crippen LogP contribution in [0.1, 0.15) is 18.1 Å². The fourth-order valence-electron chi connectivity index (χ4n) is 1.10. The number of carboxylic acid groups (broad SMARTS) is 1. The predicted molar refractivity (Wildman–Crippen MR) is 61.6 cm³/mol. The summed E-state index contributed by atoms with van der Waals surface area (Å²) < 4.78 is 0. The molecule has 0 amide bonds. The van der Waals surface area contributed by atoms with Crippen molar-refractivity contribution < 1.29 is 14.7 Å². The third-order valence-electron chi connectivity index (χ3n) is 2.11. The van der Waals surface area contributed by atoms with E-state index in [0.29, 0.717) is 6.61 Å². The van der Waals surface area contributed by atoms with Crippen molar-refractivity contribution >= 4 is 11.7 Å². The summed E-state index contributed by atoms with van der Waals surface area (Å²) in [7, 11) is 0. The van der Waals surface area contributed by atoms with Crippen molar-refractivity contribution in [2.75, 3.05) is 6.61 Å². The number of hydrogen-bond acceptors (Lipinski definition) is 3. The van der Waals surface area contributed by atoms with Gasteiger partial charge >= 0.3 is 5.97 Å². The Balaban J connectivity index is 2.34. The second-order valence-corrected chi connectivity index (χ2v) is 3.55. The molecule has 86 valence electrons. The number of benzene rings is 1. The van der Waals surface area contributed by atoms with Gasteiger partial charge in [-0.25, -0.2) is 4.79 Å². The van der Waals surface area contributed by atoms with E-state index >= 15 is 0 Å². The molecule has 1 N–H and O–H groups in total. The molecule has 0 aliphatic rings. The van der Waals surface area contributed by atoms with E-state index in [1.54, 1.807) is 0 Å². The Morgan fingerprint density at radius 1 is 1.38 bits per heavy atom. The summed E-state index contributed by atoms with van der Waals surface area (Å²) in [5, 5.41) is 12.0. The zero-order valence-electron chi connectivity index (χ0n) is 9.43. The molecular weight excluding hydrogens is 206 g/mol. The highest BCUT2D eigenvalue weighted by atomic mass is 16.6. The summed E-state index contributed by atoms with van der Waals surface area (Å²) in [4.78, 5) is 15.3. The van der Waals surface area contributed by atoms with Gasteiger partial charge in [0.1, 0.15) is 6.61 Å². The van der Waals surface area contributed by atoms with Crippen molar-refractivity contribution in [1.82, 2.24) is 0 Å². The molecule has 1 rings (SSSR count). The highest BCUT2D eigenvalue weighted by Crippen LogP contribution is 2.03. The Morgan fingerprint density at radius 2 is 2.00 bits per heavy atom. The van der Waals surface area contributed by atoms with Crippen LogP contribution in [0.5, 0.6) is 0 Å². The fourth-order valence-corrected chi connectivity index (χ4v) is 1.10. The van der Waals surface area contributed by atoms with Crippen molar-refractivity contribution in [2.45, 2.75) is 20.3 Å². The van der Waals surface area contributed by atoms with Crippen LogP contribution in [0.15, 0.2) is 29.4 Å². The normalized spacial score (nSPS) is 11.2. The molecule has 0 heterocycles. The number of hydrogen-bond donors (Lipinski definition) is 1. The molecule has 16 heavy (non-hydrogen) atoms. The molecular formula is C12H15NO3. The minimum atomic E-state index is -1.06. The zero-order valence-corrected chi connectivity index (χ0v) is 9.43. The summed E-state index contributed by atoms with van der Waals surface area (Å²) in [6.45, 7) is 3.81. The largest absolute Gasteiger partial charge is 0.477 e. The number of carbonyl (C=O) groups is 1. The Morgan fingerprint density at radius 3 is 2.56 bits per heavy atom. The Kier molecular flexibility index (Phi) is 4.51. The quantitative estimate of drug-likeness (QED) is 0.470. The topological polar surface area (TPSA) is 58.9 Å². The van der Waals surface area contributed by atoms with E-state index in [0.717, 1.165) is 12.0 Å². The van der Waals surface area contributed by atoms with E-state index in [4.69, 9.17) is 9.94 Å². The average molecular weight is 221 g/mol. The van der Waals surface area contributed by atoms with Crippen LogP contribution < -0.4 is 0 Å². The van der Waals surface area contributed by atoms with Crippen LogP contribution in [0.25, 0.3) is 0 Å². The maximum Gasteiger partial charge on any atom is 0.353 e. The lowest BCUT2D eigenvalue weighted by Crippen LogP contribution is -2.09. The van der Waals surface area contributed by atoms with Gasteiger partial charge in [0.05, 0.1) is 0 Å². The van der Waals surface area contributed by atoms with Gasteiger partial charge in [0.2, 0.25) is 0 Å². The number of aryl methyl sites for hydroxylation is 1. The van der Waals surface area contributed by atoms with E-state index in [1.165, 1.54) is 12.5 Å². The molecule has 0 aromatic heterocycles. The summed E-state index contributed by atoms with van der Waals surface area (Å²) in [5.41, 5.74) is 2.32. The van der Waals surface area contributed by atoms with Gasteiger partial charge in [-0.2, -0.15) is 0 Å². The average Bonchev–Trinajstić information content (AvgIpc) is 2.26. The van der Waals surface area contributed by atoms with E-state index < -0.39 is 5.97 Å². The van der Waals surface area contributed by atoms with E-state index in [1.807, 2.05) is 31.2 Å². The Labute approximate surface area is 94.5 Å². The maximum absolute atomic E-state index is 10.4. The fraction of sp³-hybridized carbons (Fsp3) is 0.333. The molecule has 0 radical (unpaired) electrons. The smallest absolute Gasteiger partial charge is 0.353 e. The van der Waals surface area contributed by atoms with Gasteiger partial charge in [-0.05, 0) is 19.4 Å². The number of oxime groups is 1. The molecule has 0 bridgehead atoms. The van der Waals surface area contributed by atoms with Crippen LogP contribution in [-0.2, 0) is 16.1 Å². The summed E-state index contributed by atoms with van der Waals surface area (Å²) in [5.74, 6) is -1.06. The van der Waals surface area contributed by atoms with Crippen molar-refractivity contribution in [3.8, 4) is 0 Å². The summed E-state index contributed by atoms with van der Waals surface area (Å²) in [6, 6.07) is 8.10. The van der Waals surface area contributed by atoms with Crippen molar-refractivity contribution in [1.29, 1.82) is 0 Å². The highest BCUT2D eigenvalue weighted by Gasteiger charge is 2.01. The maximum atomic E-state index is 10.4. The van der Waals surface area contributed by atoms with E-state index in [-0.39, 0.29) is 5.71 Å². The van der Waals surface area contributed by atoms with Crippen LogP contribution in [0.3, 0.4) is 0 Å². The molecule has 1 aromatic rings. The summed E-state index contributed by atoms with van der Waals surface area (Å²) in [6.07, 6.45) is 0.719. The van der Waals surface area contributed by atoms with Crippen LogP contribution in [-0.4, -0.2) is 23.4 Å². The van der Waals surface area contributed by atoms with Crippen molar-refractivity contribution in [2.24, 2.45) is 5.16 Å². The van der Waals surface area contributed by atoms with Crippen LogP contribution in [0, 0.1) is 6.92 Å². The van der Waals surface area contributed by atoms with Crippen molar-refractivity contribution in [3.05, 3.63) is 35.4 Å². The number of carboxylic acids is 1.